The van der Waals surface area contributed by atoms with E-state index in [4.69, 9.17) is 14.0 Å². The van der Waals surface area contributed by atoms with Gasteiger partial charge in [-0.05, 0) is 61.7 Å². The van der Waals surface area contributed by atoms with Crippen molar-refractivity contribution in [2.24, 2.45) is 5.92 Å². The maximum Gasteiger partial charge on any atom is 0.278 e. The van der Waals surface area contributed by atoms with Gasteiger partial charge in [-0.2, -0.15) is 0 Å². The number of amides is 3. The molecule has 3 heterocycles. The van der Waals surface area contributed by atoms with E-state index in [1.54, 1.807) is 31.1 Å². The lowest BCUT2D eigenvalue weighted by Crippen LogP contribution is -2.45. The molecule has 0 spiro atoms. The SMILES string of the molecule is COc1ccc(CN2CC[C@@H](C[C@@H](CO)NC(=O)[C@H](Cc3ccc(F)c(F)c3)n3cccc(NC(=O)c4cc(C)on4)c3=O)C2=O)c(OC)c1. The minimum atomic E-state index is -1.33. The van der Waals surface area contributed by atoms with Crippen molar-refractivity contribution in [2.75, 3.05) is 32.7 Å². The van der Waals surface area contributed by atoms with Crippen molar-refractivity contribution in [3.05, 3.63) is 105 Å². The summed E-state index contributed by atoms with van der Waals surface area (Å²) < 4.78 is 44.6. The second kappa shape index (κ2) is 15.8. The van der Waals surface area contributed by atoms with Gasteiger partial charge in [-0.1, -0.05) is 11.2 Å². The number of aliphatic hydroxyl groups excluding tert-OH is 1. The number of halogens is 2. The molecule has 1 aliphatic rings. The number of pyridine rings is 1. The molecule has 3 amide bonds. The standard InChI is InChI=1S/C35H37F2N5O8/c1-20-13-29(40-50-20)32(44)39-28-5-4-11-42(35(28)47)30(15-21-6-9-26(36)27(37)14-21)33(45)38-24(19-43)16-22-10-12-41(34(22)46)18-23-7-8-25(48-2)17-31(23)49-3/h4-9,11,13-14,17,22,24,30,43H,10,12,15-16,18-19H2,1-3H3,(H,38,45)(H,39,44)/t22-,24-,30-/m0/s1. The van der Waals surface area contributed by atoms with Crippen molar-refractivity contribution in [1.29, 1.82) is 0 Å². The molecular weight excluding hydrogens is 656 g/mol. The van der Waals surface area contributed by atoms with Crippen molar-refractivity contribution in [3.63, 3.8) is 0 Å². The molecule has 50 heavy (non-hydrogen) atoms. The van der Waals surface area contributed by atoms with Crippen LogP contribution in [0.4, 0.5) is 14.5 Å². The highest BCUT2D eigenvalue weighted by Crippen LogP contribution is 2.30. The van der Waals surface area contributed by atoms with E-state index in [9.17, 15) is 33.1 Å². The molecule has 0 unspecified atom stereocenters. The van der Waals surface area contributed by atoms with E-state index in [0.717, 1.165) is 22.3 Å². The molecule has 4 aromatic rings. The number of aryl methyl sites for hydroxylation is 1. The van der Waals surface area contributed by atoms with Crippen LogP contribution in [0.2, 0.25) is 0 Å². The molecule has 1 fully saturated rings. The van der Waals surface area contributed by atoms with E-state index < -0.39 is 53.6 Å². The van der Waals surface area contributed by atoms with E-state index in [2.05, 4.69) is 15.8 Å². The first kappa shape index (κ1) is 35.7. The molecule has 0 radical (unpaired) electrons. The minimum Gasteiger partial charge on any atom is -0.497 e. The number of benzene rings is 2. The number of ether oxygens (including phenoxy) is 2. The van der Waals surface area contributed by atoms with Gasteiger partial charge in [0, 0.05) is 49.3 Å². The number of aliphatic hydroxyl groups is 1. The van der Waals surface area contributed by atoms with Crippen molar-refractivity contribution in [1.82, 2.24) is 19.9 Å². The molecule has 3 N–H and O–H groups in total. The van der Waals surface area contributed by atoms with Crippen molar-refractivity contribution in [2.45, 2.75) is 44.8 Å². The molecule has 2 aromatic carbocycles. The van der Waals surface area contributed by atoms with Gasteiger partial charge in [0.25, 0.3) is 11.5 Å². The molecule has 0 aliphatic carbocycles. The molecule has 264 valence electrons. The van der Waals surface area contributed by atoms with Gasteiger partial charge in [-0.3, -0.25) is 19.2 Å². The molecule has 3 atom stereocenters. The number of hydrogen-bond donors (Lipinski definition) is 3. The number of hydrogen-bond acceptors (Lipinski definition) is 9. The van der Waals surface area contributed by atoms with E-state index >= 15 is 0 Å². The molecule has 13 nitrogen and oxygen atoms in total. The van der Waals surface area contributed by atoms with Crippen molar-refractivity contribution < 1.29 is 42.3 Å². The van der Waals surface area contributed by atoms with Crippen LogP contribution >= 0.6 is 0 Å². The van der Waals surface area contributed by atoms with Gasteiger partial charge in [0.1, 0.15) is 29.0 Å². The van der Waals surface area contributed by atoms with E-state index in [-0.39, 0.29) is 35.7 Å². The Hall–Kier alpha value is -5.57. The Morgan fingerprint density at radius 2 is 1.88 bits per heavy atom. The molecule has 15 heteroatoms. The lowest BCUT2D eigenvalue weighted by atomic mass is 9.97. The molecule has 2 aromatic heterocycles. The first-order valence-electron chi connectivity index (χ1n) is 15.8. The van der Waals surface area contributed by atoms with Gasteiger partial charge in [-0.15, -0.1) is 0 Å². The summed E-state index contributed by atoms with van der Waals surface area (Å²) in [5.74, 6) is -2.77. The summed E-state index contributed by atoms with van der Waals surface area (Å²) in [5, 5.41) is 19.1. The number of anilines is 1. The fourth-order valence-electron chi connectivity index (χ4n) is 5.90. The molecule has 0 bridgehead atoms. The summed E-state index contributed by atoms with van der Waals surface area (Å²) in [6.07, 6.45) is 1.66. The number of rotatable bonds is 14. The molecular formula is C35H37F2N5O8. The molecule has 1 aliphatic heterocycles. The van der Waals surface area contributed by atoms with Gasteiger partial charge < -0.3 is 39.2 Å². The third-order valence-electron chi connectivity index (χ3n) is 8.53. The normalized spacial score (nSPS) is 15.4. The number of nitrogens with zero attached hydrogens (tertiary/aromatic N) is 3. The van der Waals surface area contributed by atoms with Crippen LogP contribution in [-0.4, -0.2) is 70.9 Å². The summed E-state index contributed by atoms with van der Waals surface area (Å²) >= 11 is 0. The van der Waals surface area contributed by atoms with Gasteiger partial charge in [0.15, 0.2) is 17.3 Å². The summed E-state index contributed by atoms with van der Waals surface area (Å²) in [5.41, 5.74) is -0.0127. The zero-order valence-corrected chi connectivity index (χ0v) is 27.7. The molecule has 5 rings (SSSR count). The van der Waals surface area contributed by atoms with E-state index in [1.165, 1.54) is 37.6 Å². The quantitative estimate of drug-likeness (QED) is 0.180. The lowest BCUT2D eigenvalue weighted by molar-refractivity contribution is -0.132. The predicted molar refractivity (Wildman–Crippen MR) is 176 cm³/mol. The fourth-order valence-corrected chi connectivity index (χ4v) is 5.90. The largest absolute Gasteiger partial charge is 0.497 e. The first-order chi connectivity index (χ1) is 24.0. The average molecular weight is 694 g/mol. The van der Waals surface area contributed by atoms with E-state index in [0.29, 0.717) is 36.8 Å². The maximum absolute atomic E-state index is 14.2. The monoisotopic (exact) mass is 693 g/mol. The zero-order valence-electron chi connectivity index (χ0n) is 27.7. The summed E-state index contributed by atoms with van der Waals surface area (Å²) in [7, 11) is 3.07. The highest BCUT2D eigenvalue weighted by Gasteiger charge is 2.35. The smallest absolute Gasteiger partial charge is 0.278 e. The number of likely N-dealkylation sites (tertiary alicyclic amines) is 1. The highest BCUT2D eigenvalue weighted by molar-refractivity contribution is 6.02. The topological polar surface area (TPSA) is 165 Å². The van der Waals surface area contributed by atoms with Crippen LogP contribution in [0, 0.1) is 24.5 Å². The Morgan fingerprint density at radius 3 is 2.56 bits per heavy atom. The number of carbonyl (C=O) groups excluding carboxylic acids is 3. The van der Waals surface area contributed by atoms with Crippen molar-refractivity contribution in [3.8, 4) is 11.5 Å². The Bertz CT molecular complexity index is 1930. The Labute approximate surface area is 285 Å². The Morgan fingerprint density at radius 1 is 1.08 bits per heavy atom. The molecule has 1 saturated heterocycles. The van der Waals surface area contributed by atoms with Gasteiger partial charge in [-0.25, -0.2) is 8.78 Å². The van der Waals surface area contributed by atoms with Gasteiger partial charge in [0.05, 0.1) is 26.9 Å². The molecule has 0 saturated carbocycles. The Kier molecular flexibility index (Phi) is 11.3. The maximum atomic E-state index is 14.2. The van der Waals surface area contributed by atoms with Crippen LogP contribution in [0.25, 0.3) is 0 Å². The first-order valence-corrected chi connectivity index (χ1v) is 15.8. The van der Waals surface area contributed by atoms with E-state index in [1.807, 2.05) is 6.07 Å². The zero-order chi connectivity index (χ0) is 35.9. The summed E-state index contributed by atoms with van der Waals surface area (Å²) in [6.45, 7) is 1.83. The second-order valence-electron chi connectivity index (χ2n) is 11.9. The lowest BCUT2D eigenvalue weighted by Gasteiger charge is -2.25. The Balaban J connectivity index is 1.34. The summed E-state index contributed by atoms with van der Waals surface area (Å²) in [4.78, 5) is 55.3. The number of carbonyl (C=O) groups is 3. The number of methoxy groups -OCH3 is 2. The van der Waals surface area contributed by atoms with Crippen LogP contribution in [0.1, 0.15) is 46.3 Å². The minimum absolute atomic E-state index is 0.0673. The highest BCUT2D eigenvalue weighted by atomic mass is 19.2. The number of nitrogens with one attached hydrogen (secondary N) is 2. The third kappa shape index (κ3) is 8.17. The van der Waals surface area contributed by atoms with Gasteiger partial charge >= 0.3 is 0 Å². The van der Waals surface area contributed by atoms with Crippen LogP contribution in [-0.2, 0) is 22.6 Å². The third-order valence-corrected chi connectivity index (χ3v) is 8.53. The summed E-state index contributed by atoms with van der Waals surface area (Å²) in [6, 6.07) is 10.4. The predicted octanol–water partition coefficient (Wildman–Crippen LogP) is 3.39. The van der Waals surface area contributed by atoms with Crippen molar-refractivity contribution >= 4 is 23.4 Å². The van der Waals surface area contributed by atoms with Crippen LogP contribution in [0.15, 0.2) is 70.1 Å². The van der Waals surface area contributed by atoms with Crippen LogP contribution in [0.3, 0.4) is 0 Å². The van der Waals surface area contributed by atoms with Crippen LogP contribution in [0.5, 0.6) is 11.5 Å². The second-order valence-corrected chi connectivity index (χ2v) is 11.9. The van der Waals surface area contributed by atoms with Crippen LogP contribution < -0.4 is 25.7 Å². The average Bonchev–Trinajstić information content (AvgIpc) is 3.70. The fraction of sp³-hybridized carbons (Fsp3) is 0.343. The number of aromatic nitrogens is 2. The van der Waals surface area contributed by atoms with Gasteiger partial charge in [0.2, 0.25) is 11.8 Å².